The summed E-state index contributed by atoms with van der Waals surface area (Å²) in [6.07, 6.45) is 1.11. The third-order valence-corrected chi connectivity index (χ3v) is 3.29. The van der Waals surface area contributed by atoms with Crippen LogP contribution in [0.3, 0.4) is 0 Å². The normalized spacial score (nSPS) is 12.6. The SMILES string of the molecule is CC[C@H](C)NCc1nn(CC)nc1-c1ccccc1. The molecule has 4 heteroatoms. The van der Waals surface area contributed by atoms with Gasteiger partial charge in [0, 0.05) is 18.2 Å². The van der Waals surface area contributed by atoms with E-state index in [2.05, 4.69) is 48.4 Å². The van der Waals surface area contributed by atoms with Crippen LogP contribution in [0.25, 0.3) is 11.3 Å². The Balaban J connectivity index is 2.24. The van der Waals surface area contributed by atoms with E-state index in [-0.39, 0.29) is 0 Å². The Labute approximate surface area is 114 Å². The number of benzene rings is 1. The van der Waals surface area contributed by atoms with Gasteiger partial charge < -0.3 is 5.32 Å². The lowest BCUT2D eigenvalue weighted by Crippen LogP contribution is -2.25. The summed E-state index contributed by atoms with van der Waals surface area (Å²) >= 11 is 0. The van der Waals surface area contributed by atoms with Crippen LogP contribution in [0.1, 0.15) is 32.9 Å². The minimum absolute atomic E-state index is 0.496. The molecular weight excluding hydrogens is 236 g/mol. The van der Waals surface area contributed by atoms with Crippen molar-refractivity contribution in [3.8, 4) is 11.3 Å². The highest BCUT2D eigenvalue weighted by molar-refractivity contribution is 5.60. The number of nitrogens with zero attached hydrogens (tertiary/aromatic N) is 3. The Hall–Kier alpha value is -1.68. The zero-order valence-corrected chi connectivity index (χ0v) is 11.9. The lowest BCUT2D eigenvalue weighted by molar-refractivity contribution is 0.516. The van der Waals surface area contributed by atoms with Crippen molar-refractivity contribution in [2.24, 2.45) is 0 Å². The molecule has 0 spiro atoms. The molecule has 0 fully saturated rings. The Kier molecular flexibility index (Phi) is 4.68. The van der Waals surface area contributed by atoms with Crippen LogP contribution >= 0.6 is 0 Å². The molecule has 0 saturated heterocycles. The fourth-order valence-electron chi connectivity index (χ4n) is 1.88. The predicted octanol–water partition coefficient (Wildman–Crippen LogP) is 2.85. The number of nitrogens with one attached hydrogen (secondary N) is 1. The average molecular weight is 258 g/mol. The van der Waals surface area contributed by atoms with Crippen LogP contribution in [-0.4, -0.2) is 21.0 Å². The van der Waals surface area contributed by atoms with E-state index in [0.717, 1.165) is 36.5 Å². The standard InChI is InChI=1S/C15H22N4/c1-4-12(3)16-11-14-15(18-19(5-2)17-14)13-9-7-6-8-10-13/h6-10,12,16H,4-5,11H2,1-3H3/t12-/m0/s1. The maximum absolute atomic E-state index is 4.57. The van der Waals surface area contributed by atoms with E-state index in [4.69, 9.17) is 0 Å². The fraction of sp³-hybridized carbons (Fsp3) is 0.467. The number of hydrogen-bond donors (Lipinski definition) is 1. The molecule has 1 atom stereocenters. The third-order valence-electron chi connectivity index (χ3n) is 3.29. The van der Waals surface area contributed by atoms with Crippen molar-refractivity contribution >= 4 is 0 Å². The van der Waals surface area contributed by atoms with Crippen LogP contribution in [0.4, 0.5) is 0 Å². The van der Waals surface area contributed by atoms with Crippen molar-refractivity contribution in [2.45, 2.75) is 46.3 Å². The minimum Gasteiger partial charge on any atom is -0.309 e. The van der Waals surface area contributed by atoms with Crippen LogP contribution in [0.2, 0.25) is 0 Å². The van der Waals surface area contributed by atoms with Crippen LogP contribution in [-0.2, 0) is 13.1 Å². The number of rotatable bonds is 6. The summed E-state index contributed by atoms with van der Waals surface area (Å²) < 4.78 is 0. The molecule has 2 aromatic rings. The zero-order chi connectivity index (χ0) is 13.7. The molecule has 2 rings (SSSR count). The van der Waals surface area contributed by atoms with Gasteiger partial charge in [0.15, 0.2) is 0 Å². The van der Waals surface area contributed by atoms with Crippen LogP contribution in [0, 0.1) is 0 Å². The molecule has 0 unspecified atom stereocenters. The minimum atomic E-state index is 0.496. The van der Waals surface area contributed by atoms with Gasteiger partial charge in [-0.3, -0.25) is 0 Å². The third kappa shape index (κ3) is 3.41. The van der Waals surface area contributed by atoms with E-state index in [0.29, 0.717) is 6.04 Å². The fourth-order valence-corrected chi connectivity index (χ4v) is 1.88. The molecule has 0 radical (unpaired) electrons. The van der Waals surface area contributed by atoms with Crippen molar-refractivity contribution in [1.29, 1.82) is 0 Å². The molecule has 102 valence electrons. The van der Waals surface area contributed by atoms with Gasteiger partial charge in [-0.1, -0.05) is 37.3 Å². The number of hydrogen-bond acceptors (Lipinski definition) is 3. The molecule has 1 N–H and O–H groups in total. The van der Waals surface area contributed by atoms with Gasteiger partial charge in [0.2, 0.25) is 0 Å². The van der Waals surface area contributed by atoms with Gasteiger partial charge in [-0.2, -0.15) is 15.0 Å². The van der Waals surface area contributed by atoms with Crippen molar-refractivity contribution in [3.63, 3.8) is 0 Å². The van der Waals surface area contributed by atoms with Gasteiger partial charge in [0.1, 0.15) is 11.4 Å². The molecule has 0 amide bonds. The van der Waals surface area contributed by atoms with Gasteiger partial charge >= 0.3 is 0 Å². The summed E-state index contributed by atoms with van der Waals surface area (Å²) in [5.41, 5.74) is 3.13. The van der Waals surface area contributed by atoms with Crippen molar-refractivity contribution < 1.29 is 0 Å². The molecule has 0 saturated carbocycles. The molecule has 1 aromatic carbocycles. The summed E-state index contributed by atoms with van der Waals surface area (Å²) in [5, 5.41) is 12.6. The van der Waals surface area contributed by atoms with Gasteiger partial charge in [-0.25, -0.2) is 0 Å². The van der Waals surface area contributed by atoms with Crippen molar-refractivity contribution in [1.82, 2.24) is 20.3 Å². The average Bonchev–Trinajstić information content (AvgIpc) is 2.89. The smallest absolute Gasteiger partial charge is 0.117 e. The van der Waals surface area contributed by atoms with E-state index in [1.807, 2.05) is 18.2 Å². The molecule has 0 bridgehead atoms. The second kappa shape index (κ2) is 6.48. The Morgan fingerprint density at radius 2 is 1.89 bits per heavy atom. The molecular formula is C15H22N4. The molecule has 0 aliphatic heterocycles. The van der Waals surface area contributed by atoms with Crippen molar-refractivity contribution in [3.05, 3.63) is 36.0 Å². The molecule has 1 aromatic heterocycles. The van der Waals surface area contributed by atoms with Crippen LogP contribution in [0.5, 0.6) is 0 Å². The topological polar surface area (TPSA) is 42.7 Å². The van der Waals surface area contributed by atoms with Crippen LogP contribution < -0.4 is 5.32 Å². The summed E-state index contributed by atoms with van der Waals surface area (Å²) in [6.45, 7) is 7.98. The summed E-state index contributed by atoms with van der Waals surface area (Å²) in [6, 6.07) is 10.7. The maximum Gasteiger partial charge on any atom is 0.117 e. The first-order chi connectivity index (χ1) is 9.24. The highest BCUT2D eigenvalue weighted by Gasteiger charge is 2.12. The maximum atomic E-state index is 4.57. The summed E-state index contributed by atoms with van der Waals surface area (Å²) in [4.78, 5) is 1.76. The van der Waals surface area contributed by atoms with Gasteiger partial charge in [0.05, 0.1) is 6.54 Å². The monoisotopic (exact) mass is 258 g/mol. The molecule has 4 nitrogen and oxygen atoms in total. The van der Waals surface area contributed by atoms with Gasteiger partial charge in [0.25, 0.3) is 0 Å². The summed E-state index contributed by atoms with van der Waals surface area (Å²) in [7, 11) is 0. The Morgan fingerprint density at radius 3 is 2.53 bits per heavy atom. The van der Waals surface area contributed by atoms with E-state index in [9.17, 15) is 0 Å². The lowest BCUT2D eigenvalue weighted by atomic mass is 10.1. The molecule has 0 aliphatic carbocycles. The lowest BCUT2D eigenvalue weighted by Gasteiger charge is -2.10. The highest BCUT2D eigenvalue weighted by Crippen LogP contribution is 2.19. The van der Waals surface area contributed by atoms with E-state index in [1.54, 1.807) is 4.80 Å². The number of aryl methyl sites for hydroxylation is 1. The largest absolute Gasteiger partial charge is 0.309 e. The molecule has 1 heterocycles. The first-order valence-electron chi connectivity index (χ1n) is 6.97. The quantitative estimate of drug-likeness (QED) is 0.866. The zero-order valence-electron chi connectivity index (χ0n) is 11.9. The second-order valence-electron chi connectivity index (χ2n) is 4.74. The second-order valence-corrected chi connectivity index (χ2v) is 4.74. The van der Waals surface area contributed by atoms with Gasteiger partial charge in [-0.05, 0) is 20.3 Å². The highest BCUT2D eigenvalue weighted by atomic mass is 15.5. The molecule has 19 heavy (non-hydrogen) atoms. The first-order valence-corrected chi connectivity index (χ1v) is 6.97. The number of aromatic nitrogens is 3. The first kappa shape index (κ1) is 13.7. The van der Waals surface area contributed by atoms with Crippen molar-refractivity contribution in [2.75, 3.05) is 0 Å². The van der Waals surface area contributed by atoms with Crippen LogP contribution in [0.15, 0.2) is 30.3 Å². The Bertz CT molecular complexity index is 504. The van der Waals surface area contributed by atoms with Gasteiger partial charge in [-0.15, -0.1) is 0 Å². The predicted molar refractivity (Wildman–Crippen MR) is 77.7 cm³/mol. The van der Waals surface area contributed by atoms with E-state index >= 15 is 0 Å². The summed E-state index contributed by atoms with van der Waals surface area (Å²) in [5.74, 6) is 0. The van der Waals surface area contributed by atoms with E-state index in [1.165, 1.54) is 0 Å². The van der Waals surface area contributed by atoms with E-state index < -0.39 is 0 Å². The molecule has 0 aliphatic rings. The Morgan fingerprint density at radius 1 is 1.16 bits per heavy atom.